The van der Waals surface area contributed by atoms with Crippen LogP contribution in [0.2, 0.25) is 0 Å². The van der Waals surface area contributed by atoms with Crippen molar-refractivity contribution in [1.29, 1.82) is 0 Å². The van der Waals surface area contributed by atoms with Crippen LogP contribution in [0.25, 0.3) is 0 Å². The first-order valence-electron chi connectivity index (χ1n) is 6.76. The molecule has 1 aliphatic rings. The molecule has 0 spiro atoms. The molecule has 0 fully saturated rings. The van der Waals surface area contributed by atoms with Gasteiger partial charge in [-0.3, -0.25) is 11.3 Å². The molecule has 2 aromatic rings. The lowest BCUT2D eigenvalue weighted by Crippen LogP contribution is -2.33. The molecule has 0 saturated carbocycles. The highest BCUT2D eigenvalue weighted by Crippen LogP contribution is 2.42. The maximum Gasteiger partial charge on any atom is 0.123 e. The van der Waals surface area contributed by atoms with Crippen molar-refractivity contribution >= 4 is 0 Å². The van der Waals surface area contributed by atoms with Gasteiger partial charge in [-0.05, 0) is 24.3 Å². The van der Waals surface area contributed by atoms with Gasteiger partial charge in [-0.25, -0.2) is 4.39 Å². The Balaban J connectivity index is 2.02. The normalized spacial score (nSPS) is 18.0. The summed E-state index contributed by atoms with van der Waals surface area (Å²) < 4.78 is 24.6. The topological polar surface area (TPSA) is 56.5 Å². The number of halogens is 1. The summed E-state index contributed by atoms with van der Waals surface area (Å²) in [4.78, 5) is 0. The van der Waals surface area contributed by atoms with E-state index >= 15 is 0 Å². The second-order valence-corrected chi connectivity index (χ2v) is 4.99. The zero-order valence-corrected chi connectivity index (χ0v) is 11.7. The Morgan fingerprint density at radius 2 is 2.14 bits per heavy atom. The lowest BCUT2D eigenvalue weighted by atomic mass is 9.88. The van der Waals surface area contributed by atoms with Gasteiger partial charge in [0.05, 0.1) is 19.8 Å². The number of para-hydroxylation sites is 1. The molecule has 21 heavy (non-hydrogen) atoms. The van der Waals surface area contributed by atoms with Crippen molar-refractivity contribution in [2.45, 2.75) is 12.0 Å². The fourth-order valence-corrected chi connectivity index (χ4v) is 2.83. The Labute approximate surface area is 122 Å². The molecule has 2 aromatic carbocycles. The summed E-state index contributed by atoms with van der Waals surface area (Å²) in [5.74, 6) is 6.86. The number of methoxy groups -OCH3 is 1. The highest BCUT2D eigenvalue weighted by Gasteiger charge is 2.33. The quantitative estimate of drug-likeness (QED) is 0.670. The average Bonchev–Trinajstić information content (AvgIpc) is 2.93. The number of rotatable bonds is 4. The van der Waals surface area contributed by atoms with Crippen molar-refractivity contribution in [2.75, 3.05) is 13.7 Å². The van der Waals surface area contributed by atoms with Gasteiger partial charge in [0.1, 0.15) is 17.3 Å². The first-order chi connectivity index (χ1) is 10.2. The summed E-state index contributed by atoms with van der Waals surface area (Å²) in [7, 11) is 1.56. The standard InChI is InChI=1S/C16H17FN2O2/c1-20-14-7-6-10(17)8-12(14)16(19-18)13-9-21-15-5-3-2-4-11(13)15/h2-8,13,16,19H,9,18H2,1H3. The first-order valence-corrected chi connectivity index (χ1v) is 6.76. The van der Waals surface area contributed by atoms with Crippen molar-refractivity contribution in [3.8, 4) is 11.5 Å². The van der Waals surface area contributed by atoms with E-state index in [1.165, 1.54) is 12.1 Å². The first kappa shape index (κ1) is 13.9. The van der Waals surface area contributed by atoms with Crippen LogP contribution in [0.1, 0.15) is 23.1 Å². The third kappa shape index (κ3) is 2.46. The van der Waals surface area contributed by atoms with E-state index in [0.717, 1.165) is 11.3 Å². The van der Waals surface area contributed by atoms with Crippen LogP contribution < -0.4 is 20.7 Å². The Bertz CT molecular complexity index is 648. The third-order valence-corrected chi connectivity index (χ3v) is 3.85. The number of hydrogen-bond acceptors (Lipinski definition) is 4. The van der Waals surface area contributed by atoms with Crippen LogP contribution in [0.4, 0.5) is 4.39 Å². The monoisotopic (exact) mass is 288 g/mol. The number of ether oxygens (including phenoxy) is 2. The molecule has 0 bridgehead atoms. The van der Waals surface area contributed by atoms with Crippen LogP contribution in [-0.2, 0) is 0 Å². The zero-order valence-electron chi connectivity index (χ0n) is 11.7. The van der Waals surface area contributed by atoms with Crippen LogP contribution in [-0.4, -0.2) is 13.7 Å². The Kier molecular flexibility index (Phi) is 3.77. The highest BCUT2D eigenvalue weighted by molar-refractivity contribution is 5.45. The largest absolute Gasteiger partial charge is 0.496 e. The molecular weight excluding hydrogens is 271 g/mol. The molecule has 3 N–H and O–H groups in total. The maximum absolute atomic E-state index is 13.6. The molecule has 2 unspecified atom stereocenters. The maximum atomic E-state index is 13.6. The van der Waals surface area contributed by atoms with Crippen LogP contribution in [0, 0.1) is 5.82 Å². The molecule has 110 valence electrons. The summed E-state index contributed by atoms with van der Waals surface area (Å²) in [6, 6.07) is 11.9. The predicted octanol–water partition coefficient (Wildman–Crippen LogP) is 2.51. The number of fused-ring (bicyclic) bond motifs is 1. The van der Waals surface area contributed by atoms with E-state index in [2.05, 4.69) is 5.43 Å². The molecule has 0 radical (unpaired) electrons. The number of hydrogen-bond donors (Lipinski definition) is 2. The van der Waals surface area contributed by atoms with Gasteiger partial charge in [-0.2, -0.15) is 0 Å². The van der Waals surface area contributed by atoms with Crippen LogP contribution in [0.15, 0.2) is 42.5 Å². The summed E-state index contributed by atoms with van der Waals surface area (Å²) in [5, 5.41) is 0. The molecule has 0 saturated heterocycles. The van der Waals surface area contributed by atoms with Gasteiger partial charge < -0.3 is 9.47 Å². The van der Waals surface area contributed by atoms with Crippen molar-refractivity contribution in [3.05, 3.63) is 59.4 Å². The fraction of sp³-hybridized carbons (Fsp3) is 0.250. The minimum absolute atomic E-state index is 0.00176. The van der Waals surface area contributed by atoms with E-state index in [1.807, 2.05) is 24.3 Å². The minimum Gasteiger partial charge on any atom is -0.496 e. The van der Waals surface area contributed by atoms with E-state index in [4.69, 9.17) is 15.3 Å². The van der Waals surface area contributed by atoms with Gasteiger partial charge in [0.2, 0.25) is 0 Å². The summed E-state index contributed by atoms with van der Waals surface area (Å²) >= 11 is 0. The summed E-state index contributed by atoms with van der Waals surface area (Å²) in [5.41, 5.74) is 4.52. The van der Waals surface area contributed by atoms with Crippen LogP contribution >= 0.6 is 0 Å². The fourth-order valence-electron chi connectivity index (χ4n) is 2.83. The van der Waals surface area contributed by atoms with E-state index < -0.39 is 0 Å². The van der Waals surface area contributed by atoms with E-state index in [-0.39, 0.29) is 17.8 Å². The molecule has 0 amide bonds. The minimum atomic E-state index is -0.321. The molecule has 0 aromatic heterocycles. The average molecular weight is 288 g/mol. The van der Waals surface area contributed by atoms with Gasteiger partial charge >= 0.3 is 0 Å². The third-order valence-electron chi connectivity index (χ3n) is 3.85. The second kappa shape index (κ2) is 5.71. The number of hydrazine groups is 1. The Morgan fingerprint density at radius 1 is 1.33 bits per heavy atom. The highest BCUT2D eigenvalue weighted by atomic mass is 19.1. The van der Waals surface area contributed by atoms with Gasteiger partial charge in [0.25, 0.3) is 0 Å². The molecule has 1 aliphatic heterocycles. The van der Waals surface area contributed by atoms with Crippen molar-refractivity contribution < 1.29 is 13.9 Å². The van der Waals surface area contributed by atoms with Gasteiger partial charge in [0, 0.05) is 17.0 Å². The molecule has 3 rings (SSSR count). The number of benzene rings is 2. The van der Waals surface area contributed by atoms with Gasteiger partial charge in [0.15, 0.2) is 0 Å². The lowest BCUT2D eigenvalue weighted by molar-refractivity contribution is 0.296. The molecule has 1 heterocycles. The van der Waals surface area contributed by atoms with Crippen molar-refractivity contribution in [2.24, 2.45) is 5.84 Å². The second-order valence-electron chi connectivity index (χ2n) is 4.99. The molecule has 2 atom stereocenters. The molecule has 5 heteroatoms. The number of nitrogens with one attached hydrogen (secondary N) is 1. The van der Waals surface area contributed by atoms with Crippen LogP contribution in [0.3, 0.4) is 0 Å². The summed E-state index contributed by atoms with van der Waals surface area (Å²) in [6.45, 7) is 0.494. The zero-order chi connectivity index (χ0) is 14.8. The van der Waals surface area contributed by atoms with Crippen LogP contribution in [0.5, 0.6) is 11.5 Å². The predicted molar refractivity (Wildman–Crippen MR) is 77.7 cm³/mol. The molecule has 0 aliphatic carbocycles. The number of nitrogens with two attached hydrogens (primary N) is 1. The van der Waals surface area contributed by atoms with E-state index in [1.54, 1.807) is 13.2 Å². The smallest absolute Gasteiger partial charge is 0.123 e. The lowest BCUT2D eigenvalue weighted by Gasteiger charge is -2.24. The molecule has 4 nitrogen and oxygen atoms in total. The van der Waals surface area contributed by atoms with Crippen molar-refractivity contribution in [1.82, 2.24) is 5.43 Å². The Hall–Kier alpha value is -2.11. The van der Waals surface area contributed by atoms with E-state index in [9.17, 15) is 4.39 Å². The van der Waals surface area contributed by atoms with Gasteiger partial charge in [-0.15, -0.1) is 0 Å². The van der Waals surface area contributed by atoms with Gasteiger partial charge in [-0.1, -0.05) is 18.2 Å². The molecular formula is C16H17FN2O2. The van der Waals surface area contributed by atoms with E-state index in [0.29, 0.717) is 17.9 Å². The summed E-state index contributed by atoms with van der Waals surface area (Å²) in [6.07, 6.45) is 0. The van der Waals surface area contributed by atoms with Crippen molar-refractivity contribution in [3.63, 3.8) is 0 Å². The Morgan fingerprint density at radius 3 is 2.90 bits per heavy atom. The SMILES string of the molecule is COc1ccc(F)cc1C(NN)C1COc2ccccc21.